The van der Waals surface area contributed by atoms with E-state index in [0.29, 0.717) is 54.6 Å². The molecule has 4 aromatic rings. The number of thiophene rings is 1. The Morgan fingerprint density at radius 1 is 1.00 bits per heavy atom. The summed E-state index contributed by atoms with van der Waals surface area (Å²) < 4.78 is 11.7. The van der Waals surface area contributed by atoms with Crippen molar-refractivity contribution in [1.29, 1.82) is 0 Å². The highest BCUT2D eigenvalue weighted by molar-refractivity contribution is 7.18. The summed E-state index contributed by atoms with van der Waals surface area (Å²) in [5, 5.41) is 6.89. The molecule has 234 valence electrons. The molecule has 5 rings (SSSR count). The molecule has 3 aromatic carbocycles. The zero-order valence-electron chi connectivity index (χ0n) is 24.8. The lowest BCUT2D eigenvalue weighted by atomic mass is 9.94. The van der Waals surface area contributed by atoms with Crippen molar-refractivity contribution < 1.29 is 23.9 Å². The smallest absolute Gasteiger partial charge is 0.307 e. The molecule has 1 aromatic heterocycles. The van der Waals surface area contributed by atoms with E-state index in [-0.39, 0.29) is 24.2 Å². The molecule has 2 heterocycles. The average molecular weight is 666 g/mol. The number of fused-ring (bicyclic) bond motifs is 1. The predicted molar refractivity (Wildman–Crippen MR) is 180 cm³/mol. The first-order valence-corrected chi connectivity index (χ1v) is 16.4. The maximum absolute atomic E-state index is 13.3. The second-order valence-electron chi connectivity index (χ2n) is 11.0. The minimum absolute atomic E-state index is 0.0559. The summed E-state index contributed by atoms with van der Waals surface area (Å²) in [6, 6.07) is 21.0. The van der Waals surface area contributed by atoms with Gasteiger partial charge in [-0.15, -0.1) is 11.3 Å². The number of halogens is 2. The average Bonchev–Trinajstić information content (AvgIpc) is 3.54. The predicted octanol–water partition coefficient (Wildman–Crippen LogP) is 7.33. The lowest BCUT2D eigenvalue weighted by molar-refractivity contribution is -0.141. The fourth-order valence-electron chi connectivity index (χ4n) is 5.34. The van der Waals surface area contributed by atoms with Crippen molar-refractivity contribution in [2.45, 2.75) is 38.3 Å². The SMILES string of the molecule is COC(=O)C[C@H](Cc1ccc(OCc2ccccc2)cc1)NC(=O)C1CCN(C(=O)/C=C/c2cc3ccsc3c(Cl)c2Cl)CC1. The number of nitrogens with zero attached hydrogens (tertiary/aromatic N) is 1. The Kier molecular flexibility index (Phi) is 11.2. The van der Waals surface area contributed by atoms with E-state index < -0.39 is 12.0 Å². The molecule has 1 N–H and O–H groups in total. The summed E-state index contributed by atoms with van der Waals surface area (Å²) in [5.41, 5.74) is 2.72. The van der Waals surface area contributed by atoms with Crippen LogP contribution >= 0.6 is 34.5 Å². The summed E-state index contributed by atoms with van der Waals surface area (Å²) in [6.45, 7) is 1.37. The van der Waals surface area contributed by atoms with E-state index in [4.69, 9.17) is 32.7 Å². The van der Waals surface area contributed by atoms with Crippen LogP contribution in [0.5, 0.6) is 5.75 Å². The van der Waals surface area contributed by atoms with E-state index in [1.54, 1.807) is 11.0 Å². The van der Waals surface area contributed by atoms with Crippen molar-refractivity contribution in [3.8, 4) is 5.75 Å². The number of rotatable bonds is 11. The first-order chi connectivity index (χ1) is 21.8. The van der Waals surface area contributed by atoms with Gasteiger partial charge >= 0.3 is 5.97 Å². The number of methoxy groups -OCH3 is 1. The van der Waals surface area contributed by atoms with Crippen LogP contribution in [0.3, 0.4) is 0 Å². The second-order valence-corrected chi connectivity index (χ2v) is 12.6. The summed E-state index contributed by atoms with van der Waals surface area (Å²) in [7, 11) is 1.34. The molecule has 7 nitrogen and oxygen atoms in total. The zero-order valence-corrected chi connectivity index (χ0v) is 27.2. The molecule has 1 aliphatic heterocycles. The van der Waals surface area contributed by atoms with Gasteiger partial charge in [-0.3, -0.25) is 14.4 Å². The molecule has 0 radical (unpaired) electrons. The number of benzene rings is 3. The van der Waals surface area contributed by atoms with E-state index >= 15 is 0 Å². The number of nitrogens with one attached hydrogen (secondary N) is 1. The van der Waals surface area contributed by atoms with Crippen LogP contribution in [0.2, 0.25) is 10.0 Å². The van der Waals surface area contributed by atoms with Crippen LogP contribution in [0.15, 0.2) is 78.2 Å². The van der Waals surface area contributed by atoms with Gasteiger partial charge in [0.15, 0.2) is 0 Å². The molecule has 2 amide bonds. The molecular formula is C35H34Cl2N2O5S. The molecule has 45 heavy (non-hydrogen) atoms. The number of piperidine rings is 1. The molecular weight excluding hydrogens is 631 g/mol. The lowest BCUT2D eigenvalue weighted by Crippen LogP contribution is -2.46. The van der Waals surface area contributed by atoms with Crippen LogP contribution in [0.1, 0.15) is 36.0 Å². The number of carbonyl (C=O) groups is 3. The fraction of sp³-hybridized carbons (Fsp3) is 0.286. The lowest BCUT2D eigenvalue weighted by Gasteiger charge is -2.31. The molecule has 0 saturated carbocycles. The van der Waals surface area contributed by atoms with Crippen LogP contribution in [-0.2, 0) is 32.1 Å². The van der Waals surface area contributed by atoms with Gasteiger partial charge in [-0.25, -0.2) is 0 Å². The minimum atomic E-state index is -0.430. The summed E-state index contributed by atoms with van der Waals surface area (Å²) in [4.78, 5) is 40.1. The normalized spacial score (nSPS) is 14.4. The topological polar surface area (TPSA) is 84.9 Å². The summed E-state index contributed by atoms with van der Waals surface area (Å²) in [5.74, 6) is -0.190. The largest absolute Gasteiger partial charge is 0.489 e. The third-order valence-electron chi connectivity index (χ3n) is 7.88. The molecule has 1 saturated heterocycles. The van der Waals surface area contributed by atoms with Crippen LogP contribution < -0.4 is 10.1 Å². The number of ether oxygens (including phenoxy) is 2. The Balaban J connectivity index is 1.13. The van der Waals surface area contributed by atoms with E-state index in [1.807, 2.05) is 72.1 Å². The second kappa shape index (κ2) is 15.4. The Labute approximate surface area is 276 Å². The molecule has 1 atom stereocenters. The maximum Gasteiger partial charge on any atom is 0.307 e. The van der Waals surface area contributed by atoms with Gasteiger partial charge in [-0.05, 0) is 77.1 Å². The third-order valence-corrected chi connectivity index (χ3v) is 9.82. The highest BCUT2D eigenvalue weighted by atomic mass is 35.5. The van der Waals surface area contributed by atoms with Gasteiger partial charge in [0.25, 0.3) is 0 Å². The van der Waals surface area contributed by atoms with Crippen molar-refractivity contribution >= 4 is 68.5 Å². The Bertz CT molecular complexity index is 1660. The molecule has 10 heteroatoms. The number of esters is 1. The highest BCUT2D eigenvalue weighted by Crippen LogP contribution is 2.37. The van der Waals surface area contributed by atoms with Gasteiger partial charge in [0.2, 0.25) is 11.8 Å². The van der Waals surface area contributed by atoms with Gasteiger partial charge in [-0.1, -0.05) is 65.7 Å². The minimum Gasteiger partial charge on any atom is -0.489 e. The van der Waals surface area contributed by atoms with E-state index in [9.17, 15) is 14.4 Å². The molecule has 0 aliphatic carbocycles. The summed E-state index contributed by atoms with van der Waals surface area (Å²) in [6.07, 6.45) is 4.76. The Hall–Kier alpha value is -3.85. The van der Waals surface area contributed by atoms with E-state index in [1.165, 1.54) is 24.5 Å². The van der Waals surface area contributed by atoms with Gasteiger partial charge in [0.1, 0.15) is 12.4 Å². The van der Waals surface area contributed by atoms with Crippen molar-refractivity contribution in [3.63, 3.8) is 0 Å². The molecule has 1 aliphatic rings. The van der Waals surface area contributed by atoms with Gasteiger partial charge in [0.05, 0.1) is 28.3 Å². The van der Waals surface area contributed by atoms with Gasteiger partial charge in [-0.2, -0.15) is 0 Å². The maximum atomic E-state index is 13.3. The van der Waals surface area contributed by atoms with Crippen LogP contribution in [0.25, 0.3) is 16.2 Å². The van der Waals surface area contributed by atoms with Gasteiger partial charge in [0, 0.05) is 31.1 Å². The molecule has 1 fully saturated rings. The number of hydrogen-bond donors (Lipinski definition) is 1. The van der Waals surface area contributed by atoms with Crippen molar-refractivity contribution in [3.05, 3.63) is 105 Å². The Morgan fingerprint density at radius 3 is 2.44 bits per heavy atom. The molecule has 0 spiro atoms. The van der Waals surface area contributed by atoms with Crippen LogP contribution in [0.4, 0.5) is 0 Å². The Morgan fingerprint density at radius 2 is 1.73 bits per heavy atom. The van der Waals surface area contributed by atoms with Crippen LogP contribution in [-0.4, -0.2) is 48.9 Å². The van der Waals surface area contributed by atoms with Gasteiger partial charge < -0.3 is 19.7 Å². The number of carbonyl (C=O) groups excluding carboxylic acids is 3. The number of likely N-dealkylation sites (tertiary alicyclic amines) is 1. The van der Waals surface area contributed by atoms with Crippen LogP contribution in [0, 0.1) is 5.92 Å². The molecule has 0 unspecified atom stereocenters. The van der Waals surface area contributed by atoms with E-state index in [2.05, 4.69) is 5.32 Å². The monoisotopic (exact) mass is 664 g/mol. The summed E-state index contributed by atoms with van der Waals surface area (Å²) >= 11 is 14.4. The number of amides is 2. The zero-order chi connectivity index (χ0) is 31.8. The first-order valence-electron chi connectivity index (χ1n) is 14.8. The highest BCUT2D eigenvalue weighted by Gasteiger charge is 2.29. The van der Waals surface area contributed by atoms with Crippen molar-refractivity contribution in [2.24, 2.45) is 5.92 Å². The van der Waals surface area contributed by atoms with E-state index in [0.717, 1.165) is 27.0 Å². The van der Waals surface area contributed by atoms with Crippen molar-refractivity contribution in [1.82, 2.24) is 10.2 Å². The quantitative estimate of drug-likeness (QED) is 0.134. The van der Waals surface area contributed by atoms with Crippen molar-refractivity contribution in [2.75, 3.05) is 20.2 Å². The molecule has 0 bridgehead atoms. The first kappa shape index (κ1) is 32.5. The standard InChI is InChI=1S/C35H34Cl2N2O5S/c1-43-31(41)21-28(19-23-7-10-29(11-8-23)44-22-24-5-3-2-4-6-24)38-35(42)25-13-16-39(17-14-25)30(40)12-9-26-20-27-15-18-45-34(27)33(37)32(26)36/h2-12,15,18,20,25,28H,13-14,16-17,19,21-22H2,1H3,(H,38,42)/b12-9+/t28-/m0/s1. The fourth-order valence-corrected chi connectivity index (χ4v) is 6.78. The number of hydrogen-bond acceptors (Lipinski definition) is 6. The third kappa shape index (κ3) is 8.66.